The van der Waals surface area contributed by atoms with E-state index in [-0.39, 0.29) is 24.1 Å². The molecule has 5 nitrogen and oxygen atoms in total. The molecule has 2 amide bonds. The molecule has 0 radical (unpaired) electrons. The van der Waals surface area contributed by atoms with Gasteiger partial charge in [-0.25, -0.2) is 4.39 Å². The van der Waals surface area contributed by atoms with Gasteiger partial charge in [0.15, 0.2) is 0 Å². The number of H-pyrrole nitrogens is 1. The molecular formula is C21H19ClFN3O2. The molecular weight excluding hydrogens is 381 g/mol. The number of aromatic nitrogens is 1. The predicted molar refractivity (Wildman–Crippen MR) is 108 cm³/mol. The Kier molecular flexibility index (Phi) is 4.81. The zero-order valence-electron chi connectivity index (χ0n) is 15.3. The van der Waals surface area contributed by atoms with E-state index in [4.69, 9.17) is 11.6 Å². The lowest BCUT2D eigenvalue weighted by molar-refractivity contribution is -0.117. The van der Waals surface area contributed by atoms with Crippen LogP contribution in [-0.4, -0.2) is 23.3 Å². The van der Waals surface area contributed by atoms with Crippen LogP contribution in [0.4, 0.5) is 15.8 Å². The topological polar surface area (TPSA) is 65.2 Å². The third-order valence-electron chi connectivity index (χ3n) is 5.01. The van der Waals surface area contributed by atoms with Gasteiger partial charge in [-0.15, -0.1) is 0 Å². The molecule has 1 saturated heterocycles. The molecule has 0 aliphatic carbocycles. The van der Waals surface area contributed by atoms with Crippen molar-refractivity contribution in [1.82, 2.24) is 4.98 Å². The highest BCUT2D eigenvalue weighted by atomic mass is 35.5. The molecule has 1 aromatic heterocycles. The van der Waals surface area contributed by atoms with Gasteiger partial charge in [0.2, 0.25) is 11.8 Å². The van der Waals surface area contributed by atoms with Crippen molar-refractivity contribution < 1.29 is 14.0 Å². The number of benzene rings is 2. The number of amides is 2. The first kappa shape index (κ1) is 18.5. The lowest BCUT2D eigenvalue weighted by Gasteiger charge is -2.18. The fraction of sp³-hybridized carbons (Fsp3) is 0.238. The number of hydrogen-bond donors (Lipinski definition) is 2. The third-order valence-corrected chi connectivity index (χ3v) is 5.32. The fourth-order valence-corrected chi connectivity index (χ4v) is 3.94. The number of aromatic amines is 1. The van der Waals surface area contributed by atoms with Gasteiger partial charge in [0.05, 0.1) is 17.1 Å². The Balaban J connectivity index is 1.51. The number of aryl methyl sites for hydroxylation is 1. The average Bonchev–Trinajstić information content (AvgIpc) is 3.19. The van der Waals surface area contributed by atoms with Crippen LogP contribution in [0.2, 0.25) is 5.02 Å². The molecule has 1 aliphatic heterocycles. The molecule has 1 aliphatic rings. The smallest absolute Gasteiger partial charge is 0.228 e. The van der Waals surface area contributed by atoms with Crippen LogP contribution in [0.15, 0.2) is 36.4 Å². The third kappa shape index (κ3) is 3.47. The molecule has 0 atom stereocenters. The van der Waals surface area contributed by atoms with E-state index in [0.717, 1.165) is 23.2 Å². The van der Waals surface area contributed by atoms with Gasteiger partial charge in [0.25, 0.3) is 0 Å². The molecule has 0 saturated carbocycles. The summed E-state index contributed by atoms with van der Waals surface area (Å²) in [5, 5.41) is 3.94. The minimum absolute atomic E-state index is 0.0562. The molecule has 1 fully saturated rings. The number of rotatable bonds is 4. The van der Waals surface area contributed by atoms with Crippen molar-refractivity contribution in [3.05, 3.63) is 58.5 Å². The van der Waals surface area contributed by atoms with E-state index in [9.17, 15) is 14.0 Å². The SMILES string of the molecule is Cc1[nH]c2ccc(F)cc2c1CC(=O)Nc1ccc(N2CCCC2=O)c(Cl)c1. The number of carbonyl (C=O) groups excluding carboxylic acids is 2. The van der Waals surface area contributed by atoms with Crippen molar-refractivity contribution in [3.63, 3.8) is 0 Å². The number of anilines is 2. The first-order valence-corrected chi connectivity index (χ1v) is 9.46. The molecule has 2 N–H and O–H groups in total. The van der Waals surface area contributed by atoms with Crippen molar-refractivity contribution in [2.45, 2.75) is 26.2 Å². The second kappa shape index (κ2) is 7.28. The Morgan fingerprint density at radius 1 is 1.29 bits per heavy atom. The van der Waals surface area contributed by atoms with E-state index in [1.165, 1.54) is 12.1 Å². The zero-order valence-corrected chi connectivity index (χ0v) is 16.1. The van der Waals surface area contributed by atoms with Crippen LogP contribution in [0.1, 0.15) is 24.1 Å². The number of carbonyl (C=O) groups is 2. The van der Waals surface area contributed by atoms with Crippen molar-refractivity contribution in [2.24, 2.45) is 0 Å². The highest BCUT2D eigenvalue weighted by Gasteiger charge is 2.23. The first-order chi connectivity index (χ1) is 13.4. The maximum Gasteiger partial charge on any atom is 0.228 e. The summed E-state index contributed by atoms with van der Waals surface area (Å²) in [7, 11) is 0. The van der Waals surface area contributed by atoms with Gasteiger partial charge < -0.3 is 15.2 Å². The van der Waals surface area contributed by atoms with Crippen molar-refractivity contribution >= 4 is 45.7 Å². The van der Waals surface area contributed by atoms with Crippen molar-refractivity contribution in [2.75, 3.05) is 16.8 Å². The minimum atomic E-state index is -0.341. The summed E-state index contributed by atoms with van der Waals surface area (Å²) in [6.07, 6.45) is 1.46. The monoisotopic (exact) mass is 399 g/mol. The zero-order chi connectivity index (χ0) is 19.8. The van der Waals surface area contributed by atoms with Gasteiger partial charge in [0, 0.05) is 35.2 Å². The van der Waals surface area contributed by atoms with Gasteiger partial charge in [-0.05, 0) is 55.3 Å². The normalized spacial score (nSPS) is 14.1. The van der Waals surface area contributed by atoms with E-state index >= 15 is 0 Å². The van der Waals surface area contributed by atoms with Crippen LogP contribution in [0, 0.1) is 12.7 Å². The van der Waals surface area contributed by atoms with Crippen LogP contribution in [0.25, 0.3) is 10.9 Å². The number of nitrogens with zero attached hydrogens (tertiary/aromatic N) is 1. The lowest BCUT2D eigenvalue weighted by Crippen LogP contribution is -2.24. The van der Waals surface area contributed by atoms with Crippen LogP contribution in [-0.2, 0) is 16.0 Å². The first-order valence-electron chi connectivity index (χ1n) is 9.09. The molecule has 4 rings (SSSR count). The summed E-state index contributed by atoms with van der Waals surface area (Å²) >= 11 is 6.33. The lowest BCUT2D eigenvalue weighted by atomic mass is 10.1. The molecule has 2 heterocycles. The predicted octanol–water partition coefficient (Wildman–Crippen LogP) is 4.58. The van der Waals surface area contributed by atoms with Gasteiger partial charge >= 0.3 is 0 Å². The number of fused-ring (bicyclic) bond motifs is 1. The van der Waals surface area contributed by atoms with E-state index in [1.807, 2.05) is 6.92 Å². The average molecular weight is 400 g/mol. The van der Waals surface area contributed by atoms with Gasteiger partial charge in [-0.1, -0.05) is 11.6 Å². The van der Waals surface area contributed by atoms with E-state index in [1.54, 1.807) is 29.2 Å². The summed E-state index contributed by atoms with van der Waals surface area (Å²) in [6.45, 7) is 2.51. The Morgan fingerprint density at radius 2 is 2.11 bits per heavy atom. The molecule has 0 unspecified atom stereocenters. The van der Waals surface area contributed by atoms with Crippen LogP contribution in [0.3, 0.4) is 0 Å². The maximum absolute atomic E-state index is 13.6. The summed E-state index contributed by atoms with van der Waals surface area (Å²) in [6, 6.07) is 9.59. The maximum atomic E-state index is 13.6. The number of nitrogens with one attached hydrogen (secondary N) is 2. The standard InChI is InChI=1S/C21H19ClFN3O2/c1-12-15(16-9-13(23)4-6-18(16)24-12)11-20(27)25-14-5-7-19(17(22)10-14)26-8-2-3-21(26)28/h4-7,9-10,24H,2-3,8,11H2,1H3,(H,25,27). The van der Waals surface area contributed by atoms with Gasteiger partial charge in [-0.3, -0.25) is 9.59 Å². The quantitative estimate of drug-likeness (QED) is 0.674. The number of halogens is 2. The fourth-order valence-electron chi connectivity index (χ4n) is 3.65. The summed E-state index contributed by atoms with van der Waals surface area (Å²) in [4.78, 5) is 29.3. The summed E-state index contributed by atoms with van der Waals surface area (Å²) in [5.41, 5.74) is 3.60. The minimum Gasteiger partial charge on any atom is -0.358 e. The largest absolute Gasteiger partial charge is 0.358 e. The Labute approximate surface area is 166 Å². The summed E-state index contributed by atoms with van der Waals surface area (Å²) in [5.74, 6) is -0.512. The highest BCUT2D eigenvalue weighted by molar-refractivity contribution is 6.34. The van der Waals surface area contributed by atoms with E-state index in [2.05, 4.69) is 10.3 Å². The Hall–Kier alpha value is -2.86. The second-order valence-electron chi connectivity index (χ2n) is 6.96. The van der Waals surface area contributed by atoms with E-state index in [0.29, 0.717) is 34.7 Å². The molecule has 0 spiro atoms. The van der Waals surface area contributed by atoms with Crippen LogP contribution in [0.5, 0.6) is 0 Å². The molecule has 28 heavy (non-hydrogen) atoms. The molecule has 7 heteroatoms. The Morgan fingerprint density at radius 3 is 2.82 bits per heavy atom. The Bertz CT molecular complexity index is 1090. The van der Waals surface area contributed by atoms with Crippen LogP contribution < -0.4 is 10.2 Å². The number of hydrogen-bond acceptors (Lipinski definition) is 2. The molecule has 2 aromatic carbocycles. The summed E-state index contributed by atoms with van der Waals surface area (Å²) < 4.78 is 13.6. The van der Waals surface area contributed by atoms with Crippen LogP contribution >= 0.6 is 11.6 Å². The highest BCUT2D eigenvalue weighted by Crippen LogP contribution is 2.32. The van der Waals surface area contributed by atoms with E-state index < -0.39 is 0 Å². The van der Waals surface area contributed by atoms with Crippen molar-refractivity contribution in [3.8, 4) is 0 Å². The van der Waals surface area contributed by atoms with Gasteiger partial charge in [0.1, 0.15) is 5.82 Å². The van der Waals surface area contributed by atoms with Gasteiger partial charge in [-0.2, -0.15) is 0 Å². The second-order valence-corrected chi connectivity index (χ2v) is 7.37. The van der Waals surface area contributed by atoms with Crippen molar-refractivity contribution in [1.29, 1.82) is 0 Å². The molecule has 0 bridgehead atoms. The molecule has 3 aromatic rings. The molecule has 144 valence electrons.